The molecule has 1 aliphatic rings. The third kappa shape index (κ3) is 5.53. The van der Waals surface area contributed by atoms with Crippen LogP contribution in [0.25, 0.3) is 27.5 Å². The predicted molar refractivity (Wildman–Crippen MR) is 155 cm³/mol. The Morgan fingerprint density at radius 3 is 2.38 bits per heavy atom. The van der Waals surface area contributed by atoms with E-state index < -0.39 is 17.3 Å². The standard InChI is InChI=1S/C30H26N4O3S2/c31-39(37)24-13-11-19(12-14-24)15-25-27(16-20-9-10-20)34(30-32-26(18-38-30)29(35)36)33-28(25)23-8-4-7-22(17-23)21-5-2-1-3-6-21/h1-8,11-14,17-18,20,37H,9-10,15-16,31H2/p+1. The van der Waals surface area contributed by atoms with E-state index in [1.165, 1.54) is 24.2 Å². The van der Waals surface area contributed by atoms with Gasteiger partial charge in [0.05, 0.1) is 11.4 Å². The normalized spacial score (nSPS) is 13.9. The number of carboxylic acid groups (broad SMARTS) is 1. The Kier molecular flexibility index (Phi) is 7.05. The van der Waals surface area contributed by atoms with Crippen LogP contribution in [0.15, 0.2) is 89.1 Å². The average molecular weight is 556 g/mol. The molecule has 7 nitrogen and oxygen atoms in total. The highest BCUT2D eigenvalue weighted by molar-refractivity contribution is 7.89. The van der Waals surface area contributed by atoms with Gasteiger partial charge in [-0.1, -0.05) is 60.7 Å². The second-order valence-corrected chi connectivity index (χ2v) is 11.7. The molecule has 9 heteroatoms. The highest BCUT2D eigenvalue weighted by atomic mass is 32.2. The number of hydrogen-bond acceptors (Lipinski definition) is 6. The van der Waals surface area contributed by atoms with Crippen LogP contribution in [-0.4, -0.2) is 30.4 Å². The van der Waals surface area contributed by atoms with E-state index >= 15 is 0 Å². The van der Waals surface area contributed by atoms with Crippen LogP contribution in [0, 0.1) is 5.92 Å². The summed E-state index contributed by atoms with van der Waals surface area (Å²) in [5.74, 6) is -0.468. The lowest BCUT2D eigenvalue weighted by atomic mass is 9.95. The Morgan fingerprint density at radius 1 is 1.00 bits per heavy atom. The minimum absolute atomic E-state index is 0.0220. The molecular formula is C30H27N4O3S2+. The largest absolute Gasteiger partial charge is 0.476 e. The number of thiazole rings is 1. The Hall–Kier alpha value is -3.76. The Balaban J connectivity index is 1.50. The Labute approximate surface area is 233 Å². The fourth-order valence-corrected chi connectivity index (χ4v) is 5.94. The molecule has 3 aromatic carbocycles. The third-order valence-corrected chi connectivity index (χ3v) is 8.52. The summed E-state index contributed by atoms with van der Waals surface area (Å²) in [5.41, 5.74) is 7.34. The van der Waals surface area contributed by atoms with E-state index in [0.717, 1.165) is 45.6 Å². The van der Waals surface area contributed by atoms with Gasteiger partial charge in [0.25, 0.3) is 11.4 Å². The van der Waals surface area contributed by atoms with Crippen molar-refractivity contribution in [2.45, 2.75) is 30.6 Å². The lowest BCUT2D eigenvalue weighted by molar-refractivity contribution is 0.0691. The lowest BCUT2D eigenvalue weighted by Gasteiger charge is -2.09. The molecule has 4 N–H and O–H groups in total. The fourth-order valence-electron chi connectivity index (χ4n) is 4.75. The zero-order valence-corrected chi connectivity index (χ0v) is 22.7. The first-order valence-electron chi connectivity index (χ1n) is 12.7. The van der Waals surface area contributed by atoms with Crippen LogP contribution in [0.4, 0.5) is 0 Å². The number of aromatic carboxylic acids is 1. The van der Waals surface area contributed by atoms with E-state index in [4.69, 9.17) is 10.2 Å². The van der Waals surface area contributed by atoms with Crippen molar-refractivity contribution in [1.29, 1.82) is 0 Å². The lowest BCUT2D eigenvalue weighted by Crippen LogP contribution is -2.11. The van der Waals surface area contributed by atoms with Crippen LogP contribution in [0.5, 0.6) is 0 Å². The molecule has 1 aliphatic carbocycles. The van der Waals surface area contributed by atoms with Gasteiger partial charge in [-0.05, 0) is 60.1 Å². The number of aromatic nitrogens is 3. The van der Waals surface area contributed by atoms with Crippen LogP contribution in [0.3, 0.4) is 0 Å². The van der Waals surface area contributed by atoms with E-state index in [-0.39, 0.29) is 5.69 Å². The van der Waals surface area contributed by atoms with Gasteiger partial charge in [-0.15, -0.1) is 16.5 Å². The van der Waals surface area contributed by atoms with Crippen molar-refractivity contribution in [2.75, 3.05) is 0 Å². The summed E-state index contributed by atoms with van der Waals surface area (Å²) in [7, 11) is 0. The molecule has 39 heavy (non-hydrogen) atoms. The number of hydrogen-bond donors (Lipinski definition) is 3. The molecule has 5 aromatic rings. The molecule has 0 bridgehead atoms. The minimum atomic E-state index is -1.29. The van der Waals surface area contributed by atoms with Crippen molar-refractivity contribution in [3.63, 3.8) is 0 Å². The summed E-state index contributed by atoms with van der Waals surface area (Å²) in [6, 6.07) is 26.3. The first kappa shape index (κ1) is 25.5. The summed E-state index contributed by atoms with van der Waals surface area (Å²) in [4.78, 5) is 16.7. The first-order chi connectivity index (χ1) is 19.0. The molecule has 6 rings (SSSR count). The van der Waals surface area contributed by atoms with Gasteiger partial charge in [-0.2, -0.15) is 9.65 Å². The minimum Gasteiger partial charge on any atom is -0.476 e. The van der Waals surface area contributed by atoms with Gasteiger partial charge in [0.2, 0.25) is 10.0 Å². The summed E-state index contributed by atoms with van der Waals surface area (Å²) < 4.78 is 11.6. The monoisotopic (exact) mass is 555 g/mol. The average Bonchev–Trinajstić information content (AvgIpc) is 3.51. The molecule has 1 atom stereocenters. The summed E-state index contributed by atoms with van der Waals surface area (Å²) >= 11 is 0.00274. The smallest absolute Gasteiger partial charge is 0.355 e. The highest BCUT2D eigenvalue weighted by Gasteiger charge is 2.29. The molecule has 0 amide bonds. The van der Waals surface area contributed by atoms with Crippen LogP contribution in [-0.2, 0) is 24.2 Å². The number of rotatable bonds is 9. The van der Waals surface area contributed by atoms with Gasteiger partial charge in [0.1, 0.15) is 0 Å². The zero-order chi connectivity index (χ0) is 26.9. The molecule has 1 fully saturated rings. The number of carbonyl (C=O) groups is 1. The third-order valence-electron chi connectivity index (χ3n) is 6.95. The number of nitrogens with two attached hydrogens (primary N) is 1. The topological polar surface area (TPSA) is 114 Å². The van der Waals surface area contributed by atoms with Crippen LogP contribution >= 0.6 is 11.3 Å². The number of nitrogens with zero attached hydrogens (tertiary/aromatic N) is 3. The zero-order valence-electron chi connectivity index (χ0n) is 21.0. The Bertz CT molecular complexity index is 1620. The van der Waals surface area contributed by atoms with Crippen molar-refractivity contribution >= 4 is 28.7 Å². The van der Waals surface area contributed by atoms with Gasteiger partial charge >= 0.3 is 5.97 Å². The van der Waals surface area contributed by atoms with Gasteiger partial charge < -0.3 is 5.11 Å². The van der Waals surface area contributed by atoms with E-state index in [2.05, 4.69) is 35.3 Å². The van der Waals surface area contributed by atoms with Gasteiger partial charge in [-0.25, -0.2) is 14.5 Å². The van der Waals surface area contributed by atoms with Crippen molar-refractivity contribution in [1.82, 2.24) is 14.8 Å². The van der Waals surface area contributed by atoms with Crippen molar-refractivity contribution < 1.29 is 14.5 Å². The summed E-state index contributed by atoms with van der Waals surface area (Å²) in [5, 5.41) is 22.4. The Morgan fingerprint density at radius 2 is 1.72 bits per heavy atom. The van der Waals surface area contributed by atoms with E-state index in [9.17, 15) is 14.5 Å². The van der Waals surface area contributed by atoms with Crippen molar-refractivity contribution in [2.24, 2.45) is 11.1 Å². The predicted octanol–water partition coefficient (Wildman–Crippen LogP) is 6.23. The molecule has 2 aromatic heterocycles. The SMILES string of the molecule is N[S+](O)c1ccc(Cc2c(-c3cccc(-c4ccccc4)c3)nn(-c3nc(C(=O)O)cs3)c2CC2CC2)cc1. The molecule has 2 heterocycles. The van der Waals surface area contributed by atoms with Crippen LogP contribution in [0.2, 0.25) is 0 Å². The molecule has 0 aliphatic heterocycles. The van der Waals surface area contributed by atoms with Crippen molar-refractivity contribution in [3.05, 3.63) is 107 Å². The van der Waals surface area contributed by atoms with Gasteiger partial charge in [0.15, 0.2) is 5.69 Å². The summed E-state index contributed by atoms with van der Waals surface area (Å²) in [6.07, 6.45) is 3.83. The number of benzene rings is 3. The molecule has 0 radical (unpaired) electrons. The maximum Gasteiger partial charge on any atom is 0.355 e. The second kappa shape index (κ2) is 10.8. The molecule has 0 spiro atoms. The van der Waals surface area contributed by atoms with E-state index in [0.29, 0.717) is 22.4 Å². The molecule has 0 saturated heterocycles. The molecule has 1 saturated carbocycles. The van der Waals surface area contributed by atoms with E-state index in [1.807, 2.05) is 53.2 Å². The van der Waals surface area contributed by atoms with Gasteiger partial charge in [0, 0.05) is 22.9 Å². The second-order valence-electron chi connectivity index (χ2n) is 9.74. The quantitative estimate of drug-likeness (QED) is 0.186. The van der Waals surface area contributed by atoms with Crippen molar-refractivity contribution in [3.8, 4) is 27.5 Å². The number of carboxylic acids is 1. The molecular weight excluding hydrogens is 528 g/mol. The maximum atomic E-state index is 11.6. The maximum absolute atomic E-state index is 11.6. The van der Waals surface area contributed by atoms with Gasteiger partial charge in [-0.3, -0.25) is 0 Å². The highest BCUT2D eigenvalue weighted by Crippen LogP contribution is 2.38. The fraction of sp³-hybridized carbons (Fsp3) is 0.167. The molecule has 196 valence electrons. The van der Waals surface area contributed by atoms with Crippen LogP contribution < -0.4 is 5.14 Å². The van der Waals surface area contributed by atoms with Crippen LogP contribution in [0.1, 0.15) is 40.2 Å². The summed E-state index contributed by atoms with van der Waals surface area (Å²) in [6.45, 7) is 0. The molecule has 1 unspecified atom stereocenters. The van der Waals surface area contributed by atoms with E-state index in [1.54, 1.807) is 5.38 Å². The first-order valence-corrected chi connectivity index (χ1v) is 14.8.